The third-order valence-electron chi connectivity index (χ3n) is 6.71. The van der Waals surface area contributed by atoms with E-state index in [9.17, 15) is 0 Å². The zero-order valence-corrected chi connectivity index (χ0v) is 20.3. The molecule has 0 amide bonds. The molecule has 0 radical (unpaired) electrons. The van der Waals surface area contributed by atoms with Crippen LogP contribution in [0.15, 0.2) is 10.7 Å². The van der Waals surface area contributed by atoms with Crippen LogP contribution in [0.25, 0.3) is 22.2 Å². The number of hydrogen-bond donors (Lipinski definition) is 2. The van der Waals surface area contributed by atoms with E-state index in [0.29, 0.717) is 23.8 Å². The van der Waals surface area contributed by atoms with Crippen LogP contribution in [0.5, 0.6) is 0 Å². The van der Waals surface area contributed by atoms with Crippen molar-refractivity contribution in [1.29, 1.82) is 0 Å². The number of hydrogen-bond acceptors (Lipinski definition) is 7. The maximum atomic E-state index is 6.33. The Bertz CT molecular complexity index is 1130. The maximum Gasteiger partial charge on any atom is 0.229 e. The molecule has 0 spiro atoms. The van der Waals surface area contributed by atoms with Crippen LogP contribution in [-0.2, 0) is 28.9 Å². The Morgan fingerprint density at radius 1 is 1.15 bits per heavy atom. The van der Waals surface area contributed by atoms with Crippen LogP contribution >= 0.6 is 0 Å². The summed E-state index contributed by atoms with van der Waals surface area (Å²) in [6, 6.07) is 0. The molecule has 2 aliphatic rings. The number of ether oxygens (including phenoxy) is 2. The van der Waals surface area contributed by atoms with Gasteiger partial charge in [-0.25, -0.2) is 15.0 Å². The second-order valence-electron chi connectivity index (χ2n) is 10.4. The van der Waals surface area contributed by atoms with Gasteiger partial charge < -0.3 is 24.1 Å². The third-order valence-corrected chi connectivity index (χ3v) is 6.71. The van der Waals surface area contributed by atoms with E-state index in [0.717, 1.165) is 81.1 Å². The minimum Gasteiger partial charge on any atom is -0.432 e. The molecule has 5 heterocycles. The lowest BCUT2D eigenvalue weighted by Gasteiger charge is -2.33. The Labute approximate surface area is 195 Å². The first-order valence-electron chi connectivity index (χ1n) is 12.3. The molecule has 0 saturated carbocycles. The number of pyridine rings is 1. The molecule has 1 saturated heterocycles. The van der Waals surface area contributed by atoms with Crippen molar-refractivity contribution in [3.63, 3.8) is 0 Å². The number of quaternary nitrogens is 1. The number of morpholine rings is 1. The quantitative estimate of drug-likeness (QED) is 0.531. The molecule has 1 fully saturated rings. The molecule has 0 bridgehead atoms. The standard InChI is InChI=1S/C25H35N5O3/c1-16(2)12-19-18-14-32-25(3,4)13-17(18)20-21-22(33-24(20)29-19)23(28-15-27-21)26-6-5-7-30-8-10-31-11-9-30/h15-16H,5-14H2,1-4H3,(H,26,27,28)/p+1. The summed E-state index contributed by atoms with van der Waals surface area (Å²) >= 11 is 0. The molecule has 33 heavy (non-hydrogen) atoms. The van der Waals surface area contributed by atoms with E-state index >= 15 is 0 Å². The highest BCUT2D eigenvalue weighted by Gasteiger charge is 2.32. The summed E-state index contributed by atoms with van der Waals surface area (Å²) < 4.78 is 17.9. The summed E-state index contributed by atoms with van der Waals surface area (Å²) in [5, 5.41) is 4.51. The van der Waals surface area contributed by atoms with Crippen molar-refractivity contribution < 1.29 is 18.8 Å². The second kappa shape index (κ2) is 9.16. The highest BCUT2D eigenvalue weighted by molar-refractivity contribution is 6.06. The van der Waals surface area contributed by atoms with E-state index in [2.05, 4.69) is 43.0 Å². The summed E-state index contributed by atoms with van der Waals surface area (Å²) in [6.45, 7) is 15.2. The summed E-state index contributed by atoms with van der Waals surface area (Å²) in [4.78, 5) is 15.7. The first-order chi connectivity index (χ1) is 15.9. The molecule has 0 aliphatic carbocycles. The van der Waals surface area contributed by atoms with Crippen molar-refractivity contribution in [2.75, 3.05) is 44.7 Å². The van der Waals surface area contributed by atoms with Crippen molar-refractivity contribution >= 4 is 28.0 Å². The van der Waals surface area contributed by atoms with Crippen LogP contribution in [-0.4, -0.2) is 59.9 Å². The molecule has 3 aromatic rings. The Kier molecular flexibility index (Phi) is 6.24. The van der Waals surface area contributed by atoms with Crippen LogP contribution in [0.2, 0.25) is 0 Å². The van der Waals surface area contributed by atoms with Crippen molar-refractivity contribution in [3.05, 3.63) is 23.1 Å². The van der Waals surface area contributed by atoms with E-state index in [1.54, 1.807) is 11.2 Å². The van der Waals surface area contributed by atoms with Gasteiger partial charge in [-0.2, -0.15) is 0 Å². The Morgan fingerprint density at radius 2 is 1.97 bits per heavy atom. The van der Waals surface area contributed by atoms with Gasteiger partial charge in [-0.3, -0.25) is 0 Å². The fraction of sp³-hybridized carbons (Fsp3) is 0.640. The number of fused-ring (bicyclic) bond motifs is 5. The number of nitrogens with one attached hydrogen (secondary N) is 2. The summed E-state index contributed by atoms with van der Waals surface area (Å²) in [7, 11) is 0. The van der Waals surface area contributed by atoms with Crippen LogP contribution in [0.3, 0.4) is 0 Å². The minimum atomic E-state index is -0.226. The van der Waals surface area contributed by atoms with Crippen molar-refractivity contribution in [1.82, 2.24) is 15.0 Å². The lowest BCUT2D eigenvalue weighted by Crippen LogP contribution is -3.14. The van der Waals surface area contributed by atoms with Crippen LogP contribution in [0.4, 0.5) is 5.82 Å². The topological polar surface area (TPSA) is 86.7 Å². The number of anilines is 1. The van der Waals surface area contributed by atoms with Crippen molar-refractivity contribution in [2.24, 2.45) is 5.92 Å². The molecule has 2 N–H and O–H groups in total. The average molecular weight is 455 g/mol. The minimum absolute atomic E-state index is 0.226. The van der Waals surface area contributed by atoms with Crippen molar-refractivity contribution in [3.8, 4) is 0 Å². The van der Waals surface area contributed by atoms with Gasteiger partial charge in [-0.1, -0.05) is 13.8 Å². The van der Waals surface area contributed by atoms with Crippen molar-refractivity contribution in [2.45, 2.75) is 59.2 Å². The number of furan rings is 1. The monoisotopic (exact) mass is 454 g/mol. The SMILES string of the molecule is CC(C)Cc1nc2oc3c(NCCC[NH+]4CCOCC4)ncnc3c2c2c1COC(C)(C)C2. The Balaban J connectivity index is 1.46. The first-order valence-corrected chi connectivity index (χ1v) is 12.3. The Hall–Kier alpha value is -2.29. The Morgan fingerprint density at radius 3 is 2.76 bits per heavy atom. The fourth-order valence-corrected chi connectivity index (χ4v) is 5.01. The molecule has 5 rings (SSSR count). The molecule has 8 nitrogen and oxygen atoms in total. The first kappa shape index (κ1) is 22.5. The molecule has 0 aromatic carbocycles. The highest BCUT2D eigenvalue weighted by Crippen LogP contribution is 2.39. The summed E-state index contributed by atoms with van der Waals surface area (Å²) in [5.41, 5.74) is 5.55. The second-order valence-corrected chi connectivity index (χ2v) is 10.4. The number of aromatic nitrogens is 3. The molecule has 8 heteroatoms. The van der Waals surface area contributed by atoms with Gasteiger partial charge in [-0.15, -0.1) is 0 Å². The van der Waals surface area contributed by atoms with Gasteiger partial charge in [0.25, 0.3) is 0 Å². The predicted molar refractivity (Wildman–Crippen MR) is 128 cm³/mol. The van der Waals surface area contributed by atoms with Crippen LogP contribution < -0.4 is 10.2 Å². The maximum absolute atomic E-state index is 6.33. The van der Waals surface area contributed by atoms with Crippen LogP contribution in [0.1, 0.15) is 50.9 Å². The fourth-order valence-electron chi connectivity index (χ4n) is 5.01. The van der Waals surface area contributed by atoms with E-state index in [1.807, 2.05) is 0 Å². The number of nitrogens with zero attached hydrogens (tertiary/aromatic N) is 3. The molecule has 0 atom stereocenters. The van der Waals surface area contributed by atoms with Gasteiger partial charge in [0.05, 0.1) is 43.0 Å². The van der Waals surface area contributed by atoms with E-state index in [1.165, 1.54) is 11.1 Å². The van der Waals surface area contributed by atoms with Gasteiger partial charge in [0.2, 0.25) is 5.71 Å². The van der Waals surface area contributed by atoms with Gasteiger partial charge >= 0.3 is 0 Å². The van der Waals surface area contributed by atoms with Gasteiger partial charge in [0.15, 0.2) is 11.4 Å². The largest absolute Gasteiger partial charge is 0.432 e. The molecule has 178 valence electrons. The normalized spacial score (nSPS) is 18.8. The van der Waals surface area contributed by atoms with Crippen LogP contribution in [0, 0.1) is 5.92 Å². The molecule has 0 unspecified atom stereocenters. The zero-order valence-electron chi connectivity index (χ0n) is 20.3. The third kappa shape index (κ3) is 4.69. The van der Waals surface area contributed by atoms with Gasteiger partial charge in [0, 0.05) is 24.9 Å². The van der Waals surface area contributed by atoms with E-state index in [-0.39, 0.29) is 5.60 Å². The molecule has 3 aromatic heterocycles. The highest BCUT2D eigenvalue weighted by atomic mass is 16.5. The summed E-state index contributed by atoms with van der Waals surface area (Å²) in [5.74, 6) is 1.25. The predicted octanol–water partition coefficient (Wildman–Crippen LogP) is 2.54. The lowest BCUT2D eigenvalue weighted by molar-refractivity contribution is -0.908. The average Bonchev–Trinajstić information content (AvgIpc) is 3.15. The van der Waals surface area contributed by atoms with E-state index < -0.39 is 0 Å². The summed E-state index contributed by atoms with van der Waals surface area (Å²) in [6.07, 6.45) is 4.42. The van der Waals surface area contributed by atoms with Gasteiger partial charge in [0.1, 0.15) is 24.9 Å². The number of rotatable bonds is 7. The molecular formula is C25H36N5O3+. The van der Waals surface area contributed by atoms with Gasteiger partial charge in [-0.05, 0) is 31.7 Å². The molecular weight excluding hydrogens is 418 g/mol. The zero-order chi connectivity index (χ0) is 23.0. The molecule has 2 aliphatic heterocycles. The lowest BCUT2D eigenvalue weighted by atomic mass is 9.88. The smallest absolute Gasteiger partial charge is 0.229 e. The van der Waals surface area contributed by atoms with E-state index in [4.69, 9.17) is 18.9 Å².